The predicted octanol–water partition coefficient (Wildman–Crippen LogP) is 3.15. The van der Waals surface area contributed by atoms with Crippen molar-refractivity contribution in [2.24, 2.45) is 0 Å². The third-order valence-electron chi connectivity index (χ3n) is 3.34. The van der Waals surface area contributed by atoms with Gasteiger partial charge in [-0.05, 0) is 42.5 Å². The topological polar surface area (TPSA) is 93.1 Å². The molecule has 0 aliphatic carbocycles. The summed E-state index contributed by atoms with van der Waals surface area (Å²) in [7, 11) is -3.45. The molecule has 9 heteroatoms. The van der Waals surface area contributed by atoms with Crippen LogP contribution in [0, 0.1) is 0 Å². The summed E-state index contributed by atoms with van der Waals surface area (Å²) in [4.78, 5) is 12.5. The summed E-state index contributed by atoms with van der Waals surface area (Å²) in [5.41, 5.74) is 1.81. The van der Waals surface area contributed by atoms with Crippen molar-refractivity contribution in [1.82, 2.24) is 9.78 Å². The van der Waals surface area contributed by atoms with Crippen LogP contribution in [-0.4, -0.2) is 30.4 Å². The minimum absolute atomic E-state index is 0.264. The summed E-state index contributed by atoms with van der Waals surface area (Å²) in [6.07, 6.45) is 4.46. The molecule has 2 aromatic carbocycles. The van der Waals surface area contributed by atoms with E-state index in [1.54, 1.807) is 41.3 Å². The molecule has 0 spiro atoms. The number of aromatic nitrogens is 2. The molecular formula is C17H15ClN4O3S. The summed E-state index contributed by atoms with van der Waals surface area (Å²) >= 11 is 6.00. The molecule has 1 amide bonds. The van der Waals surface area contributed by atoms with E-state index in [2.05, 4.69) is 15.1 Å². The van der Waals surface area contributed by atoms with Crippen LogP contribution in [-0.2, 0) is 10.0 Å². The number of benzene rings is 2. The molecule has 0 aliphatic rings. The highest BCUT2D eigenvalue weighted by atomic mass is 35.5. The summed E-state index contributed by atoms with van der Waals surface area (Å²) in [6.45, 7) is 0. The fraction of sp³-hybridized carbons (Fsp3) is 0.0588. The number of nitrogens with one attached hydrogen (secondary N) is 2. The van der Waals surface area contributed by atoms with E-state index < -0.39 is 10.0 Å². The second-order valence-corrected chi connectivity index (χ2v) is 7.74. The number of hydrogen-bond donors (Lipinski definition) is 2. The van der Waals surface area contributed by atoms with Crippen molar-refractivity contribution in [2.75, 3.05) is 16.3 Å². The number of halogens is 1. The highest BCUT2D eigenvalue weighted by molar-refractivity contribution is 7.92. The molecule has 1 heterocycles. The van der Waals surface area contributed by atoms with Crippen LogP contribution in [0.4, 0.5) is 11.4 Å². The molecule has 0 fully saturated rings. The Labute approximate surface area is 155 Å². The first kappa shape index (κ1) is 18.0. The van der Waals surface area contributed by atoms with Crippen molar-refractivity contribution in [2.45, 2.75) is 0 Å². The third-order valence-corrected chi connectivity index (χ3v) is 4.16. The molecule has 3 aromatic rings. The minimum atomic E-state index is -3.45. The van der Waals surface area contributed by atoms with Crippen LogP contribution in [0.5, 0.6) is 0 Å². The van der Waals surface area contributed by atoms with Crippen LogP contribution in [0.25, 0.3) is 5.69 Å². The molecule has 0 aliphatic heterocycles. The zero-order chi connectivity index (χ0) is 18.7. The maximum Gasteiger partial charge on any atom is 0.255 e. The summed E-state index contributed by atoms with van der Waals surface area (Å²) < 4.78 is 26.7. The van der Waals surface area contributed by atoms with Gasteiger partial charge < -0.3 is 5.32 Å². The average molecular weight is 391 g/mol. The standard InChI is InChI=1S/C17H15ClN4O3S/c1-26(24,25)21-15-10-13(18)9-14(11-15)20-17(23)12-4-2-5-16(8-12)22-7-3-6-19-22/h2-11,21H,1H3,(H,20,23). The van der Waals surface area contributed by atoms with Gasteiger partial charge in [-0.2, -0.15) is 5.10 Å². The van der Waals surface area contributed by atoms with E-state index in [9.17, 15) is 13.2 Å². The molecule has 0 radical (unpaired) electrons. The summed E-state index contributed by atoms with van der Waals surface area (Å²) in [5, 5.41) is 7.13. The second kappa shape index (κ2) is 7.19. The molecule has 0 saturated carbocycles. The first-order valence-electron chi connectivity index (χ1n) is 7.50. The number of sulfonamides is 1. The van der Waals surface area contributed by atoms with Gasteiger partial charge in [0.25, 0.3) is 5.91 Å². The van der Waals surface area contributed by atoms with Crippen molar-refractivity contribution in [1.29, 1.82) is 0 Å². The zero-order valence-electron chi connectivity index (χ0n) is 13.7. The SMILES string of the molecule is CS(=O)(=O)Nc1cc(Cl)cc(NC(=O)c2cccc(-n3cccn3)c2)c1. The van der Waals surface area contributed by atoms with Gasteiger partial charge in [-0.25, -0.2) is 13.1 Å². The molecule has 7 nitrogen and oxygen atoms in total. The maximum atomic E-state index is 12.5. The predicted molar refractivity (Wildman–Crippen MR) is 101 cm³/mol. The molecule has 2 N–H and O–H groups in total. The molecule has 0 bridgehead atoms. The summed E-state index contributed by atoms with van der Waals surface area (Å²) in [6, 6.07) is 13.2. The fourth-order valence-electron chi connectivity index (χ4n) is 2.35. The molecule has 0 saturated heterocycles. The van der Waals surface area contributed by atoms with Gasteiger partial charge in [0.1, 0.15) is 0 Å². The molecule has 0 unspecified atom stereocenters. The first-order valence-corrected chi connectivity index (χ1v) is 9.77. The molecule has 26 heavy (non-hydrogen) atoms. The fourth-order valence-corrected chi connectivity index (χ4v) is 3.13. The number of rotatable bonds is 5. The summed E-state index contributed by atoms with van der Waals surface area (Å²) in [5.74, 6) is -0.355. The Bertz CT molecular complexity index is 1050. The van der Waals surface area contributed by atoms with Crippen molar-refractivity contribution in [3.05, 3.63) is 71.5 Å². The molecule has 3 rings (SSSR count). The Hall–Kier alpha value is -2.84. The van der Waals surface area contributed by atoms with E-state index in [1.165, 1.54) is 18.2 Å². The monoisotopic (exact) mass is 390 g/mol. The van der Waals surface area contributed by atoms with Crippen LogP contribution < -0.4 is 10.0 Å². The minimum Gasteiger partial charge on any atom is -0.322 e. The molecular weight excluding hydrogens is 376 g/mol. The van der Waals surface area contributed by atoms with Crippen molar-refractivity contribution in [3.63, 3.8) is 0 Å². The maximum absolute atomic E-state index is 12.5. The van der Waals surface area contributed by atoms with E-state index in [0.717, 1.165) is 11.9 Å². The lowest BCUT2D eigenvalue weighted by molar-refractivity contribution is 0.102. The highest BCUT2D eigenvalue weighted by Crippen LogP contribution is 2.24. The second-order valence-electron chi connectivity index (χ2n) is 5.56. The van der Waals surface area contributed by atoms with Crippen LogP contribution in [0.3, 0.4) is 0 Å². The average Bonchev–Trinajstić information content (AvgIpc) is 3.07. The van der Waals surface area contributed by atoms with Crippen LogP contribution in [0.1, 0.15) is 10.4 Å². The van der Waals surface area contributed by atoms with E-state index in [1.807, 2.05) is 6.07 Å². The number of amides is 1. The van der Waals surface area contributed by atoms with Gasteiger partial charge in [-0.15, -0.1) is 0 Å². The van der Waals surface area contributed by atoms with Gasteiger partial charge in [-0.1, -0.05) is 17.7 Å². The van der Waals surface area contributed by atoms with Gasteiger partial charge in [0.15, 0.2) is 0 Å². The number of nitrogens with zero attached hydrogens (tertiary/aromatic N) is 2. The normalized spacial score (nSPS) is 11.2. The van der Waals surface area contributed by atoms with Gasteiger partial charge in [-0.3, -0.25) is 9.52 Å². The van der Waals surface area contributed by atoms with Crippen molar-refractivity contribution in [3.8, 4) is 5.69 Å². The van der Waals surface area contributed by atoms with Gasteiger partial charge >= 0.3 is 0 Å². The van der Waals surface area contributed by atoms with E-state index >= 15 is 0 Å². The Kier molecular flexibility index (Phi) is 4.97. The lowest BCUT2D eigenvalue weighted by Gasteiger charge is -2.10. The highest BCUT2D eigenvalue weighted by Gasteiger charge is 2.10. The lowest BCUT2D eigenvalue weighted by Crippen LogP contribution is -2.13. The first-order chi connectivity index (χ1) is 12.3. The van der Waals surface area contributed by atoms with E-state index in [4.69, 9.17) is 11.6 Å². The quantitative estimate of drug-likeness (QED) is 0.699. The largest absolute Gasteiger partial charge is 0.322 e. The van der Waals surface area contributed by atoms with Gasteiger partial charge in [0, 0.05) is 28.7 Å². The van der Waals surface area contributed by atoms with Crippen LogP contribution in [0.15, 0.2) is 60.9 Å². The van der Waals surface area contributed by atoms with Gasteiger partial charge in [0.05, 0.1) is 17.6 Å². The van der Waals surface area contributed by atoms with Gasteiger partial charge in [0.2, 0.25) is 10.0 Å². The van der Waals surface area contributed by atoms with Crippen molar-refractivity contribution >= 4 is 38.9 Å². The van der Waals surface area contributed by atoms with Crippen LogP contribution >= 0.6 is 11.6 Å². The third kappa shape index (κ3) is 4.62. The number of carbonyl (C=O) groups excluding carboxylic acids is 1. The number of anilines is 2. The molecule has 0 atom stereocenters. The smallest absolute Gasteiger partial charge is 0.255 e. The van der Waals surface area contributed by atoms with E-state index in [-0.39, 0.29) is 11.6 Å². The number of carbonyl (C=O) groups is 1. The zero-order valence-corrected chi connectivity index (χ0v) is 15.3. The Balaban J connectivity index is 1.83. The lowest BCUT2D eigenvalue weighted by atomic mass is 10.2. The molecule has 1 aromatic heterocycles. The molecule has 134 valence electrons. The van der Waals surface area contributed by atoms with Crippen LogP contribution in [0.2, 0.25) is 5.02 Å². The Morgan fingerprint density at radius 2 is 1.88 bits per heavy atom. The van der Waals surface area contributed by atoms with Crippen molar-refractivity contribution < 1.29 is 13.2 Å². The Morgan fingerprint density at radius 3 is 2.58 bits per heavy atom. The Morgan fingerprint density at radius 1 is 1.12 bits per heavy atom. The number of hydrogen-bond acceptors (Lipinski definition) is 4. The van der Waals surface area contributed by atoms with E-state index in [0.29, 0.717) is 16.3 Å².